The zero-order valence-corrected chi connectivity index (χ0v) is 17.0. The molecule has 1 aromatic carbocycles. The molecule has 0 aliphatic carbocycles. The van der Waals surface area contributed by atoms with Crippen molar-refractivity contribution in [2.24, 2.45) is 5.92 Å². The van der Waals surface area contributed by atoms with Gasteiger partial charge in [-0.1, -0.05) is 23.7 Å². The molecule has 25 heavy (non-hydrogen) atoms. The molecule has 2 heterocycles. The maximum absolute atomic E-state index is 12.6. The van der Waals surface area contributed by atoms with E-state index in [1.807, 2.05) is 12.1 Å². The summed E-state index contributed by atoms with van der Waals surface area (Å²) in [6.07, 6.45) is 2.15. The van der Waals surface area contributed by atoms with Crippen molar-refractivity contribution in [1.82, 2.24) is 15.1 Å². The number of nitrogens with one attached hydrogen (secondary N) is 1. The molecular formula is C18H28Cl3N3O. The summed E-state index contributed by atoms with van der Waals surface area (Å²) < 4.78 is 0. The second-order valence-corrected chi connectivity index (χ2v) is 7.07. The number of piperidine rings is 1. The molecular weight excluding hydrogens is 381 g/mol. The number of amides is 1. The molecule has 0 spiro atoms. The van der Waals surface area contributed by atoms with Crippen molar-refractivity contribution in [3.63, 3.8) is 0 Å². The lowest BCUT2D eigenvalue weighted by Gasteiger charge is -2.39. The Labute approximate surface area is 168 Å². The van der Waals surface area contributed by atoms with Gasteiger partial charge in [0.2, 0.25) is 5.91 Å². The van der Waals surface area contributed by atoms with Gasteiger partial charge in [0.25, 0.3) is 0 Å². The van der Waals surface area contributed by atoms with E-state index in [1.165, 1.54) is 5.56 Å². The predicted octanol–water partition coefficient (Wildman–Crippen LogP) is 3.39. The average molecular weight is 409 g/mol. The van der Waals surface area contributed by atoms with Crippen LogP contribution in [0.2, 0.25) is 5.02 Å². The molecule has 0 aromatic heterocycles. The molecule has 4 nitrogen and oxygen atoms in total. The van der Waals surface area contributed by atoms with E-state index >= 15 is 0 Å². The highest BCUT2D eigenvalue weighted by Gasteiger charge is 2.29. The van der Waals surface area contributed by atoms with Crippen molar-refractivity contribution in [3.8, 4) is 0 Å². The van der Waals surface area contributed by atoms with Crippen LogP contribution in [0.3, 0.4) is 0 Å². The van der Waals surface area contributed by atoms with E-state index in [-0.39, 0.29) is 30.7 Å². The Balaban J connectivity index is 0.00000156. The van der Waals surface area contributed by atoms with Crippen molar-refractivity contribution >= 4 is 42.3 Å². The molecule has 7 heteroatoms. The zero-order valence-electron chi connectivity index (χ0n) is 14.6. The average Bonchev–Trinajstić information content (AvgIpc) is 2.62. The third kappa shape index (κ3) is 5.73. The number of carbonyl (C=O) groups excluding carboxylic acids is 1. The molecule has 2 aliphatic rings. The first-order valence-corrected chi connectivity index (χ1v) is 9.02. The highest BCUT2D eigenvalue weighted by molar-refractivity contribution is 6.30. The predicted molar refractivity (Wildman–Crippen MR) is 108 cm³/mol. The largest absolute Gasteiger partial charge is 0.340 e. The standard InChI is InChI=1S/C18H26ClN3O.2ClH/c1-14(15-4-6-17(19)7-5-15)21-9-11-22(12-10-21)18(23)16-3-2-8-20-13-16;;/h4-7,14,16,20H,2-3,8-13H2,1H3;2*1H. The molecule has 1 N–H and O–H groups in total. The Morgan fingerprint density at radius 3 is 2.36 bits per heavy atom. The fraction of sp³-hybridized carbons (Fsp3) is 0.611. The lowest BCUT2D eigenvalue weighted by molar-refractivity contribution is -0.138. The van der Waals surface area contributed by atoms with Gasteiger partial charge < -0.3 is 10.2 Å². The van der Waals surface area contributed by atoms with Crippen molar-refractivity contribution < 1.29 is 4.79 Å². The quantitative estimate of drug-likeness (QED) is 0.832. The molecule has 0 radical (unpaired) electrons. The lowest BCUT2D eigenvalue weighted by atomic mass is 9.97. The van der Waals surface area contributed by atoms with Gasteiger partial charge >= 0.3 is 0 Å². The van der Waals surface area contributed by atoms with Crippen molar-refractivity contribution in [1.29, 1.82) is 0 Å². The van der Waals surface area contributed by atoms with Gasteiger partial charge in [-0.2, -0.15) is 0 Å². The van der Waals surface area contributed by atoms with Gasteiger partial charge in [0.05, 0.1) is 5.92 Å². The van der Waals surface area contributed by atoms with Crippen molar-refractivity contribution in [2.45, 2.75) is 25.8 Å². The summed E-state index contributed by atoms with van der Waals surface area (Å²) in [4.78, 5) is 17.1. The van der Waals surface area contributed by atoms with Gasteiger partial charge in [0.1, 0.15) is 0 Å². The third-order valence-corrected chi connectivity index (χ3v) is 5.42. The summed E-state index contributed by atoms with van der Waals surface area (Å²) in [5.41, 5.74) is 1.28. The van der Waals surface area contributed by atoms with Crippen LogP contribution < -0.4 is 5.32 Å². The van der Waals surface area contributed by atoms with E-state index in [1.54, 1.807) is 0 Å². The minimum absolute atomic E-state index is 0. The van der Waals surface area contributed by atoms with E-state index in [9.17, 15) is 4.79 Å². The number of hydrogen-bond acceptors (Lipinski definition) is 3. The van der Waals surface area contributed by atoms with Crippen LogP contribution in [0.25, 0.3) is 0 Å². The number of carbonyl (C=O) groups is 1. The van der Waals surface area contributed by atoms with E-state index in [4.69, 9.17) is 11.6 Å². The zero-order chi connectivity index (χ0) is 16.2. The Hall–Kier alpha value is -0.520. The minimum atomic E-state index is 0. The van der Waals surface area contributed by atoms with Gasteiger partial charge in [-0.3, -0.25) is 9.69 Å². The van der Waals surface area contributed by atoms with Crippen LogP contribution >= 0.6 is 36.4 Å². The summed E-state index contributed by atoms with van der Waals surface area (Å²) >= 11 is 5.97. The molecule has 1 amide bonds. The summed E-state index contributed by atoms with van der Waals surface area (Å²) in [5, 5.41) is 4.11. The number of piperazine rings is 1. The van der Waals surface area contributed by atoms with Crippen LogP contribution in [0.1, 0.15) is 31.4 Å². The first-order chi connectivity index (χ1) is 11.1. The highest BCUT2D eigenvalue weighted by atomic mass is 35.5. The Bertz CT molecular complexity index is 527. The van der Waals surface area contributed by atoms with Crippen LogP contribution in [0.5, 0.6) is 0 Å². The molecule has 2 unspecified atom stereocenters. The number of halogens is 3. The van der Waals surface area contributed by atoms with E-state index < -0.39 is 0 Å². The van der Waals surface area contributed by atoms with Gasteiger partial charge in [0.15, 0.2) is 0 Å². The molecule has 0 saturated carbocycles. The molecule has 3 rings (SSSR count). The van der Waals surface area contributed by atoms with Gasteiger partial charge in [-0.25, -0.2) is 0 Å². The second kappa shape index (κ2) is 10.6. The van der Waals surface area contributed by atoms with E-state index in [2.05, 4.69) is 34.2 Å². The van der Waals surface area contributed by atoms with Crippen LogP contribution in [0.15, 0.2) is 24.3 Å². The smallest absolute Gasteiger partial charge is 0.227 e. The number of hydrogen-bond donors (Lipinski definition) is 1. The Morgan fingerprint density at radius 1 is 1.16 bits per heavy atom. The second-order valence-electron chi connectivity index (χ2n) is 6.63. The molecule has 2 fully saturated rings. The third-order valence-electron chi connectivity index (χ3n) is 5.17. The summed E-state index contributed by atoms with van der Waals surface area (Å²) in [5.74, 6) is 0.528. The lowest BCUT2D eigenvalue weighted by Crippen LogP contribution is -2.52. The Kier molecular flexibility index (Phi) is 9.54. The number of nitrogens with zero attached hydrogens (tertiary/aromatic N) is 2. The Morgan fingerprint density at radius 2 is 1.80 bits per heavy atom. The maximum Gasteiger partial charge on any atom is 0.227 e. The SMILES string of the molecule is CC(c1ccc(Cl)cc1)N1CCN(C(=O)C2CCCNC2)CC1.Cl.Cl. The van der Waals surface area contributed by atoms with Gasteiger partial charge in [0, 0.05) is 43.8 Å². The van der Waals surface area contributed by atoms with Crippen molar-refractivity contribution in [2.75, 3.05) is 39.3 Å². The number of benzene rings is 1. The topological polar surface area (TPSA) is 35.6 Å². The monoisotopic (exact) mass is 407 g/mol. The summed E-state index contributed by atoms with van der Waals surface area (Å²) in [6, 6.07) is 8.45. The molecule has 0 bridgehead atoms. The normalized spacial score (nSPS) is 22.5. The summed E-state index contributed by atoms with van der Waals surface area (Å²) in [7, 11) is 0. The maximum atomic E-state index is 12.6. The minimum Gasteiger partial charge on any atom is -0.340 e. The van der Waals surface area contributed by atoms with E-state index in [0.717, 1.165) is 57.1 Å². The first kappa shape index (κ1) is 22.5. The molecule has 142 valence electrons. The van der Waals surface area contributed by atoms with Gasteiger partial charge in [-0.05, 0) is 44.0 Å². The van der Waals surface area contributed by atoms with Crippen LogP contribution in [0.4, 0.5) is 0 Å². The highest BCUT2D eigenvalue weighted by Crippen LogP contribution is 2.24. The number of rotatable bonds is 3. The molecule has 2 saturated heterocycles. The molecule has 2 aliphatic heterocycles. The summed E-state index contributed by atoms with van der Waals surface area (Å²) in [6.45, 7) is 7.69. The van der Waals surface area contributed by atoms with Crippen LogP contribution in [0, 0.1) is 5.92 Å². The molecule has 1 aromatic rings. The van der Waals surface area contributed by atoms with Crippen LogP contribution in [-0.2, 0) is 4.79 Å². The van der Waals surface area contributed by atoms with E-state index in [0.29, 0.717) is 11.9 Å². The van der Waals surface area contributed by atoms with Crippen molar-refractivity contribution in [3.05, 3.63) is 34.9 Å². The van der Waals surface area contributed by atoms with Gasteiger partial charge in [-0.15, -0.1) is 24.8 Å². The fourth-order valence-corrected chi connectivity index (χ4v) is 3.73. The molecule has 2 atom stereocenters. The fourth-order valence-electron chi connectivity index (χ4n) is 3.60. The first-order valence-electron chi connectivity index (χ1n) is 8.64. The van der Waals surface area contributed by atoms with Crippen LogP contribution in [-0.4, -0.2) is 55.0 Å².